The van der Waals surface area contributed by atoms with E-state index in [1.807, 2.05) is 0 Å². The average Bonchev–Trinajstić information content (AvgIpc) is 2.61. The van der Waals surface area contributed by atoms with Crippen LogP contribution in [0.2, 0.25) is 0 Å². The van der Waals surface area contributed by atoms with E-state index in [4.69, 9.17) is 5.11 Å². The smallest absolute Gasteiger partial charge is 0.354 e. The molecule has 1 heterocycles. The monoisotopic (exact) mass is 220 g/mol. The maximum atomic E-state index is 13.5. The number of rotatable bonds is 2. The first kappa shape index (κ1) is 10.4. The summed E-state index contributed by atoms with van der Waals surface area (Å²) >= 11 is 0. The van der Waals surface area contributed by atoms with E-state index in [1.165, 1.54) is 6.07 Å². The number of aromatic nitrogens is 2. The van der Waals surface area contributed by atoms with Crippen LogP contribution in [0, 0.1) is 12.7 Å². The Morgan fingerprint density at radius 3 is 2.69 bits per heavy atom. The Kier molecular flexibility index (Phi) is 2.44. The minimum atomic E-state index is -1.10. The second-order valence-corrected chi connectivity index (χ2v) is 3.36. The molecule has 0 amide bonds. The molecule has 0 aliphatic heterocycles. The van der Waals surface area contributed by atoms with Crippen LogP contribution in [0.15, 0.2) is 24.3 Å². The van der Waals surface area contributed by atoms with Crippen LogP contribution < -0.4 is 0 Å². The second kappa shape index (κ2) is 3.77. The van der Waals surface area contributed by atoms with Crippen LogP contribution >= 0.6 is 0 Å². The van der Waals surface area contributed by atoms with E-state index in [2.05, 4.69) is 10.2 Å². The Morgan fingerprint density at radius 2 is 2.12 bits per heavy atom. The Bertz CT molecular complexity index is 549. The van der Waals surface area contributed by atoms with Crippen LogP contribution in [-0.2, 0) is 0 Å². The lowest BCUT2D eigenvalue weighted by molar-refractivity contribution is 0.0689. The van der Waals surface area contributed by atoms with E-state index in [1.54, 1.807) is 25.1 Å². The molecule has 0 aliphatic rings. The van der Waals surface area contributed by atoms with Crippen LogP contribution in [0.1, 0.15) is 16.1 Å². The lowest BCUT2D eigenvalue weighted by atomic mass is 10.1. The summed E-state index contributed by atoms with van der Waals surface area (Å²) in [5.41, 5.74) is 1.04. The molecule has 0 bridgehead atoms. The Balaban J connectivity index is 2.58. The van der Waals surface area contributed by atoms with E-state index in [0.717, 1.165) is 0 Å². The summed E-state index contributed by atoms with van der Waals surface area (Å²) in [7, 11) is 0. The standard InChI is InChI=1S/C11H9FN2O2/c1-6-9(13-14-10(6)11(15)16)7-4-2-3-5-8(7)12/h2-5H,1H3,(H,13,14)(H,15,16). The van der Waals surface area contributed by atoms with Crippen LogP contribution in [0.5, 0.6) is 0 Å². The number of hydrogen-bond donors (Lipinski definition) is 2. The predicted molar refractivity (Wildman–Crippen MR) is 55.7 cm³/mol. The Morgan fingerprint density at radius 1 is 1.44 bits per heavy atom. The first-order chi connectivity index (χ1) is 7.61. The fourth-order valence-electron chi connectivity index (χ4n) is 1.52. The van der Waals surface area contributed by atoms with E-state index >= 15 is 0 Å². The van der Waals surface area contributed by atoms with Crippen molar-refractivity contribution >= 4 is 5.97 Å². The normalized spacial score (nSPS) is 10.4. The van der Waals surface area contributed by atoms with Gasteiger partial charge in [0.15, 0.2) is 0 Å². The van der Waals surface area contributed by atoms with Gasteiger partial charge < -0.3 is 5.11 Å². The van der Waals surface area contributed by atoms with Crippen LogP contribution in [-0.4, -0.2) is 21.3 Å². The van der Waals surface area contributed by atoms with E-state index < -0.39 is 11.8 Å². The van der Waals surface area contributed by atoms with Crippen LogP contribution in [0.4, 0.5) is 4.39 Å². The Labute approximate surface area is 90.7 Å². The van der Waals surface area contributed by atoms with Gasteiger partial charge in [0, 0.05) is 11.1 Å². The van der Waals surface area contributed by atoms with E-state index in [0.29, 0.717) is 16.8 Å². The van der Waals surface area contributed by atoms with Crippen molar-refractivity contribution in [3.8, 4) is 11.3 Å². The van der Waals surface area contributed by atoms with Crippen molar-refractivity contribution in [3.63, 3.8) is 0 Å². The number of nitrogens with zero attached hydrogens (tertiary/aromatic N) is 1. The largest absolute Gasteiger partial charge is 0.477 e. The number of carboxylic acid groups (broad SMARTS) is 1. The van der Waals surface area contributed by atoms with Gasteiger partial charge in [-0.1, -0.05) is 12.1 Å². The van der Waals surface area contributed by atoms with Gasteiger partial charge in [-0.15, -0.1) is 0 Å². The van der Waals surface area contributed by atoms with Crippen molar-refractivity contribution in [2.45, 2.75) is 6.92 Å². The summed E-state index contributed by atoms with van der Waals surface area (Å²) in [6.07, 6.45) is 0. The number of hydrogen-bond acceptors (Lipinski definition) is 2. The van der Waals surface area contributed by atoms with Gasteiger partial charge in [0.25, 0.3) is 0 Å². The fraction of sp³-hybridized carbons (Fsp3) is 0.0909. The van der Waals surface area contributed by atoms with Crippen LogP contribution in [0.25, 0.3) is 11.3 Å². The first-order valence-corrected chi connectivity index (χ1v) is 4.64. The van der Waals surface area contributed by atoms with Crippen molar-refractivity contribution in [2.24, 2.45) is 0 Å². The first-order valence-electron chi connectivity index (χ1n) is 4.64. The maximum Gasteiger partial charge on any atom is 0.354 e. The van der Waals surface area contributed by atoms with Gasteiger partial charge in [0.1, 0.15) is 11.5 Å². The van der Waals surface area contributed by atoms with E-state index in [9.17, 15) is 9.18 Å². The molecule has 0 atom stereocenters. The summed E-state index contributed by atoms with van der Waals surface area (Å²) in [5, 5.41) is 15.0. The molecule has 1 aromatic heterocycles. The SMILES string of the molecule is Cc1c(-c2ccccc2F)n[nH]c1C(=O)O. The van der Waals surface area contributed by atoms with Gasteiger partial charge in [-0.2, -0.15) is 5.10 Å². The molecular formula is C11H9FN2O2. The molecule has 16 heavy (non-hydrogen) atoms. The molecule has 0 fully saturated rings. The van der Waals surface area contributed by atoms with Gasteiger partial charge in [-0.3, -0.25) is 5.10 Å². The molecule has 5 heteroatoms. The number of H-pyrrole nitrogens is 1. The molecule has 0 aliphatic carbocycles. The van der Waals surface area contributed by atoms with Gasteiger partial charge in [-0.05, 0) is 19.1 Å². The quantitative estimate of drug-likeness (QED) is 0.815. The molecule has 0 spiro atoms. The third-order valence-electron chi connectivity index (χ3n) is 2.35. The molecule has 2 N–H and O–H groups in total. The number of carbonyl (C=O) groups is 1. The lowest BCUT2D eigenvalue weighted by Crippen LogP contribution is -1.98. The predicted octanol–water partition coefficient (Wildman–Crippen LogP) is 2.22. The highest BCUT2D eigenvalue weighted by Crippen LogP contribution is 2.25. The fourth-order valence-corrected chi connectivity index (χ4v) is 1.52. The third kappa shape index (κ3) is 1.56. The van der Waals surface area contributed by atoms with Crippen molar-refractivity contribution in [3.05, 3.63) is 41.3 Å². The summed E-state index contributed by atoms with van der Waals surface area (Å²) in [4.78, 5) is 10.8. The molecule has 1 aromatic carbocycles. The van der Waals surface area contributed by atoms with Gasteiger partial charge in [0.2, 0.25) is 0 Å². The highest BCUT2D eigenvalue weighted by molar-refractivity contribution is 5.89. The summed E-state index contributed by atoms with van der Waals surface area (Å²) in [5.74, 6) is -1.53. The molecule has 4 nitrogen and oxygen atoms in total. The topological polar surface area (TPSA) is 66.0 Å². The summed E-state index contributed by atoms with van der Waals surface area (Å²) in [6.45, 7) is 1.59. The van der Waals surface area contributed by atoms with Crippen molar-refractivity contribution < 1.29 is 14.3 Å². The number of aromatic carboxylic acids is 1. The van der Waals surface area contributed by atoms with Gasteiger partial charge in [-0.25, -0.2) is 9.18 Å². The highest BCUT2D eigenvalue weighted by Gasteiger charge is 2.17. The zero-order chi connectivity index (χ0) is 11.7. The Hall–Kier alpha value is -2.17. The zero-order valence-corrected chi connectivity index (χ0v) is 8.49. The van der Waals surface area contributed by atoms with Crippen molar-refractivity contribution in [1.82, 2.24) is 10.2 Å². The molecule has 0 saturated carbocycles. The molecular weight excluding hydrogens is 211 g/mol. The van der Waals surface area contributed by atoms with Gasteiger partial charge in [0.05, 0.1) is 5.69 Å². The number of carboxylic acids is 1. The minimum absolute atomic E-state index is 0.0155. The molecule has 2 aromatic rings. The highest BCUT2D eigenvalue weighted by atomic mass is 19.1. The second-order valence-electron chi connectivity index (χ2n) is 3.36. The summed E-state index contributed by atoms with van der Waals surface area (Å²) in [6, 6.07) is 6.11. The number of benzene rings is 1. The average molecular weight is 220 g/mol. The number of halogens is 1. The van der Waals surface area contributed by atoms with Crippen molar-refractivity contribution in [2.75, 3.05) is 0 Å². The van der Waals surface area contributed by atoms with Crippen LogP contribution in [0.3, 0.4) is 0 Å². The molecule has 0 saturated heterocycles. The molecule has 2 rings (SSSR count). The summed E-state index contributed by atoms with van der Waals surface area (Å²) < 4.78 is 13.5. The van der Waals surface area contributed by atoms with E-state index in [-0.39, 0.29) is 5.69 Å². The van der Waals surface area contributed by atoms with Crippen molar-refractivity contribution in [1.29, 1.82) is 0 Å². The zero-order valence-electron chi connectivity index (χ0n) is 8.49. The minimum Gasteiger partial charge on any atom is -0.477 e. The molecule has 82 valence electrons. The third-order valence-corrected chi connectivity index (χ3v) is 2.35. The number of nitrogens with one attached hydrogen (secondary N) is 1. The molecule has 0 radical (unpaired) electrons. The lowest BCUT2D eigenvalue weighted by Gasteiger charge is -1.99. The van der Waals surface area contributed by atoms with Gasteiger partial charge >= 0.3 is 5.97 Å². The maximum absolute atomic E-state index is 13.5. The number of aromatic amines is 1. The molecule has 0 unspecified atom stereocenters.